The van der Waals surface area contributed by atoms with Crippen molar-refractivity contribution in [1.82, 2.24) is 4.98 Å². The fraction of sp³-hybridized carbons (Fsp3) is 0.316. The number of rotatable bonds is 6. The summed E-state index contributed by atoms with van der Waals surface area (Å²) in [4.78, 5) is 6.16. The lowest BCUT2D eigenvalue weighted by molar-refractivity contribution is -0.923. The van der Waals surface area contributed by atoms with E-state index >= 15 is 0 Å². The first kappa shape index (κ1) is 16.7. The Morgan fingerprint density at radius 3 is 2.58 bits per heavy atom. The third-order valence-electron chi connectivity index (χ3n) is 4.37. The lowest BCUT2D eigenvalue weighted by atomic mass is 10.1. The summed E-state index contributed by atoms with van der Waals surface area (Å²) in [7, 11) is 5.55. The fourth-order valence-electron chi connectivity index (χ4n) is 2.83. The number of quaternary nitrogens is 1. The molecule has 4 nitrogen and oxygen atoms in total. The lowest BCUT2D eigenvalue weighted by Crippen LogP contribution is -3.07. The summed E-state index contributed by atoms with van der Waals surface area (Å²) in [5.74, 6) is 1.59. The van der Waals surface area contributed by atoms with Crippen molar-refractivity contribution < 1.29 is 14.4 Å². The van der Waals surface area contributed by atoms with Gasteiger partial charge in [0.15, 0.2) is 16.5 Å². The van der Waals surface area contributed by atoms with Crippen molar-refractivity contribution in [3.8, 4) is 11.5 Å². The fourth-order valence-corrected chi connectivity index (χ4v) is 3.94. The molecule has 5 heteroatoms. The number of fused-ring (bicyclic) bond motifs is 1. The summed E-state index contributed by atoms with van der Waals surface area (Å²) < 4.78 is 12.2. The Labute approximate surface area is 146 Å². The summed E-state index contributed by atoms with van der Waals surface area (Å²) in [5.41, 5.74) is 2.22. The summed E-state index contributed by atoms with van der Waals surface area (Å²) in [6.07, 6.45) is 0. The first-order chi connectivity index (χ1) is 11.6. The largest absolute Gasteiger partial charge is 0.493 e. The number of thiazole rings is 1. The minimum absolute atomic E-state index is 0.304. The lowest BCUT2D eigenvalue weighted by Gasteiger charge is -2.21. The van der Waals surface area contributed by atoms with Crippen molar-refractivity contribution in [2.24, 2.45) is 0 Å². The van der Waals surface area contributed by atoms with E-state index in [0.29, 0.717) is 6.04 Å². The van der Waals surface area contributed by atoms with Gasteiger partial charge in [-0.2, -0.15) is 0 Å². The van der Waals surface area contributed by atoms with Crippen LogP contribution in [0.25, 0.3) is 10.2 Å². The zero-order valence-electron chi connectivity index (χ0n) is 14.5. The third kappa shape index (κ3) is 3.23. The summed E-state index contributed by atoms with van der Waals surface area (Å²) in [5, 5.41) is 1.16. The zero-order chi connectivity index (χ0) is 17.1. The van der Waals surface area contributed by atoms with Crippen LogP contribution in [0.4, 0.5) is 0 Å². The molecule has 0 saturated carbocycles. The van der Waals surface area contributed by atoms with E-state index in [1.54, 1.807) is 25.6 Å². The number of hydrogen-bond acceptors (Lipinski definition) is 4. The molecule has 0 bridgehead atoms. The molecule has 2 aromatic carbocycles. The van der Waals surface area contributed by atoms with Crippen LogP contribution in [0.3, 0.4) is 0 Å². The molecule has 0 radical (unpaired) electrons. The molecule has 0 spiro atoms. The Balaban J connectivity index is 1.82. The molecule has 0 aliphatic heterocycles. The first-order valence-electron chi connectivity index (χ1n) is 8.01. The van der Waals surface area contributed by atoms with E-state index in [4.69, 9.17) is 14.5 Å². The van der Waals surface area contributed by atoms with Crippen molar-refractivity contribution in [3.05, 3.63) is 53.0 Å². The molecule has 0 fully saturated rings. The predicted octanol–water partition coefficient (Wildman–Crippen LogP) is 3.09. The predicted molar refractivity (Wildman–Crippen MR) is 98.2 cm³/mol. The van der Waals surface area contributed by atoms with Gasteiger partial charge in [0, 0.05) is 0 Å². The van der Waals surface area contributed by atoms with Crippen molar-refractivity contribution >= 4 is 21.6 Å². The Kier molecular flexibility index (Phi) is 5.02. The van der Waals surface area contributed by atoms with Crippen LogP contribution >= 0.6 is 11.3 Å². The molecule has 1 unspecified atom stereocenters. The van der Waals surface area contributed by atoms with Crippen molar-refractivity contribution in [2.45, 2.75) is 19.5 Å². The second-order valence-electron chi connectivity index (χ2n) is 5.92. The van der Waals surface area contributed by atoms with Crippen LogP contribution in [0.1, 0.15) is 23.5 Å². The average Bonchev–Trinajstić information content (AvgIpc) is 3.04. The van der Waals surface area contributed by atoms with Gasteiger partial charge in [-0.05, 0) is 31.2 Å². The smallest absolute Gasteiger partial charge is 0.169 e. The molecule has 0 aliphatic rings. The van der Waals surface area contributed by atoms with E-state index in [1.165, 1.54) is 9.60 Å². The van der Waals surface area contributed by atoms with Crippen LogP contribution in [0, 0.1) is 0 Å². The highest BCUT2D eigenvalue weighted by Crippen LogP contribution is 2.30. The van der Waals surface area contributed by atoms with Crippen molar-refractivity contribution in [2.75, 3.05) is 21.3 Å². The van der Waals surface area contributed by atoms with Gasteiger partial charge in [-0.3, -0.25) is 0 Å². The highest BCUT2D eigenvalue weighted by Gasteiger charge is 2.22. The quantitative estimate of drug-likeness (QED) is 0.747. The monoisotopic (exact) mass is 343 g/mol. The van der Waals surface area contributed by atoms with Gasteiger partial charge >= 0.3 is 0 Å². The number of ether oxygens (including phenoxy) is 2. The van der Waals surface area contributed by atoms with Crippen LogP contribution in [0.5, 0.6) is 11.5 Å². The molecule has 2 atom stereocenters. The van der Waals surface area contributed by atoms with Gasteiger partial charge in [-0.25, -0.2) is 4.98 Å². The summed E-state index contributed by atoms with van der Waals surface area (Å²) in [6, 6.07) is 14.6. The molecule has 1 N–H and O–H groups in total. The van der Waals surface area contributed by atoms with E-state index in [9.17, 15) is 0 Å². The maximum Gasteiger partial charge on any atom is 0.169 e. The van der Waals surface area contributed by atoms with Crippen molar-refractivity contribution in [3.63, 3.8) is 0 Å². The van der Waals surface area contributed by atoms with Gasteiger partial charge < -0.3 is 14.4 Å². The van der Waals surface area contributed by atoms with E-state index in [2.05, 4.69) is 38.2 Å². The van der Waals surface area contributed by atoms with E-state index in [1.807, 2.05) is 18.2 Å². The van der Waals surface area contributed by atoms with Crippen molar-refractivity contribution in [1.29, 1.82) is 0 Å². The Morgan fingerprint density at radius 1 is 1.08 bits per heavy atom. The standard InChI is InChI=1S/C19H22N2O2S/c1-13(19-20-15-9-5-6-11-17(15)24-19)21(2)12-14-8-7-10-16(22-3)18(14)23-4/h5-11,13H,12H2,1-4H3/p+1/t13-/m0/s1. The second kappa shape index (κ2) is 7.20. The molecule has 3 aromatic rings. The zero-order valence-corrected chi connectivity index (χ0v) is 15.3. The summed E-state index contributed by atoms with van der Waals surface area (Å²) >= 11 is 1.77. The molecule has 0 saturated heterocycles. The maximum absolute atomic E-state index is 5.55. The normalized spacial score (nSPS) is 13.7. The van der Waals surface area contributed by atoms with Gasteiger partial charge in [0.2, 0.25) is 0 Å². The van der Waals surface area contributed by atoms with Crippen LogP contribution in [-0.2, 0) is 6.54 Å². The first-order valence-corrected chi connectivity index (χ1v) is 8.83. The second-order valence-corrected chi connectivity index (χ2v) is 6.98. The Hall–Kier alpha value is -2.11. The van der Waals surface area contributed by atoms with E-state index < -0.39 is 0 Å². The SMILES string of the molecule is COc1cccc(C[NH+](C)[C@@H](C)c2nc3ccccc3s2)c1OC. The molecule has 126 valence electrons. The van der Waals surface area contributed by atoms with Crippen LogP contribution in [0.15, 0.2) is 42.5 Å². The molecule has 3 rings (SSSR count). The molecule has 24 heavy (non-hydrogen) atoms. The van der Waals surface area contributed by atoms with Gasteiger partial charge in [-0.1, -0.05) is 18.2 Å². The Morgan fingerprint density at radius 2 is 1.88 bits per heavy atom. The van der Waals surface area contributed by atoms with E-state index in [-0.39, 0.29) is 0 Å². The van der Waals surface area contributed by atoms with Gasteiger partial charge in [-0.15, -0.1) is 11.3 Å². The molecular formula is C19H23N2O2S+. The number of benzene rings is 2. The topological polar surface area (TPSA) is 35.8 Å². The highest BCUT2D eigenvalue weighted by molar-refractivity contribution is 7.18. The molecule has 1 heterocycles. The van der Waals surface area contributed by atoms with Crippen LogP contribution < -0.4 is 14.4 Å². The molecule has 0 aliphatic carbocycles. The number of nitrogens with one attached hydrogen (secondary N) is 1. The average molecular weight is 343 g/mol. The van der Waals surface area contributed by atoms with Crippen LogP contribution in [-0.4, -0.2) is 26.3 Å². The molecule has 1 aromatic heterocycles. The van der Waals surface area contributed by atoms with E-state index in [0.717, 1.165) is 34.1 Å². The van der Waals surface area contributed by atoms with Gasteiger partial charge in [0.25, 0.3) is 0 Å². The minimum Gasteiger partial charge on any atom is -0.493 e. The number of nitrogens with zero attached hydrogens (tertiary/aromatic N) is 1. The Bertz CT molecular complexity index is 798. The summed E-state index contributed by atoms with van der Waals surface area (Å²) in [6.45, 7) is 3.07. The third-order valence-corrected chi connectivity index (χ3v) is 5.59. The highest BCUT2D eigenvalue weighted by atomic mass is 32.1. The minimum atomic E-state index is 0.304. The number of aromatic nitrogens is 1. The van der Waals surface area contributed by atoms with Gasteiger partial charge in [0.1, 0.15) is 12.6 Å². The maximum atomic E-state index is 5.55. The van der Waals surface area contributed by atoms with Crippen LogP contribution in [0.2, 0.25) is 0 Å². The number of methoxy groups -OCH3 is 2. The number of hydrogen-bond donors (Lipinski definition) is 1. The number of para-hydroxylation sites is 2. The van der Waals surface area contributed by atoms with Gasteiger partial charge in [0.05, 0.1) is 37.0 Å². The molecule has 0 amide bonds. The molecular weight excluding hydrogens is 320 g/mol.